The third-order valence-electron chi connectivity index (χ3n) is 4.74. The zero-order valence-corrected chi connectivity index (χ0v) is 14.3. The first-order valence-corrected chi connectivity index (χ1v) is 8.58. The molecule has 134 valence electrons. The van der Waals surface area contributed by atoms with Crippen molar-refractivity contribution in [2.24, 2.45) is 0 Å². The van der Waals surface area contributed by atoms with Crippen LogP contribution in [-0.4, -0.2) is 31.7 Å². The number of nitrogens with one attached hydrogen (secondary N) is 1. The summed E-state index contributed by atoms with van der Waals surface area (Å²) in [5.74, 6) is -0.766. The lowest BCUT2D eigenvalue weighted by molar-refractivity contribution is 0.0523. The van der Waals surface area contributed by atoms with Crippen LogP contribution in [-0.2, 0) is 4.74 Å². The van der Waals surface area contributed by atoms with Crippen LogP contribution in [0.25, 0.3) is 16.7 Å². The van der Waals surface area contributed by atoms with Gasteiger partial charge < -0.3 is 9.30 Å². The van der Waals surface area contributed by atoms with E-state index in [1.54, 1.807) is 19.1 Å². The summed E-state index contributed by atoms with van der Waals surface area (Å²) in [5, 5.41) is 0. The Kier molecular flexibility index (Phi) is 3.95. The molecular weight excluding hydrogens is 336 g/mol. The van der Waals surface area contributed by atoms with E-state index in [4.69, 9.17) is 4.74 Å². The van der Waals surface area contributed by atoms with Gasteiger partial charge in [0.1, 0.15) is 5.56 Å². The number of benzene rings is 1. The normalized spacial score (nSPS) is 14.3. The summed E-state index contributed by atoms with van der Waals surface area (Å²) in [6, 6.07) is 5.92. The Morgan fingerprint density at radius 2 is 2.15 bits per heavy atom. The number of aromatic nitrogens is 4. The topological polar surface area (TPSA) is 99.0 Å². The number of rotatable bonds is 4. The molecule has 26 heavy (non-hydrogen) atoms. The van der Waals surface area contributed by atoms with Crippen molar-refractivity contribution in [3.05, 3.63) is 57.1 Å². The standard InChI is InChI=1S/C18H18N4O4/c1-2-26-17(24)13-9-21(18(25)20-16(13)23)12-6-7-15-14(8-12)19-10-22(15)11-4-3-5-11/h6-11H,2-5H2,1H3,(H,20,23,25). The zero-order valence-electron chi connectivity index (χ0n) is 14.3. The average molecular weight is 354 g/mol. The van der Waals surface area contributed by atoms with E-state index in [0.29, 0.717) is 11.7 Å². The lowest BCUT2D eigenvalue weighted by Gasteiger charge is -2.27. The maximum Gasteiger partial charge on any atom is 0.345 e. The molecule has 8 heteroatoms. The van der Waals surface area contributed by atoms with Crippen LogP contribution in [0.3, 0.4) is 0 Å². The molecule has 1 N–H and O–H groups in total. The van der Waals surface area contributed by atoms with Crippen molar-refractivity contribution >= 4 is 17.0 Å². The van der Waals surface area contributed by atoms with E-state index < -0.39 is 17.2 Å². The molecule has 1 fully saturated rings. The van der Waals surface area contributed by atoms with Crippen molar-refractivity contribution in [1.82, 2.24) is 19.1 Å². The molecule has 0 amide bonds. The smallest absolute Gasteiger partial charge is 0.345 e. The minimum atomic E-state index is -0.766. The number of H-pyrrole nitrogens is 1. The minimum Gasteiger partial charge on any atom is -0.462 e. The number of hydrogen-bond acceptors (Lipinski definition) is 5. The average Bonchev–Trinajstić information content (AvgIpc) is 2.96. The van der Waals surface area contributed by atoms with Crippen LogP contribution in [0.15, 0.2) is 40.3 Å². The quantitative estimate of drug-likeness (QED) is 0.720. The fourth-order valence-electron chi connectivity index (χ4n) is 3.14. The van der Waals surface area contributed by atoms with Crippen LogP contribution in [0.5, 0.6) is 0 Å². The molecule has 0 bridgehead atoms. The van der Waals surface area contributed by atoms with Gasteiger partial charge in [-0.1, -0.05) is 0 Å². The van der Waals surface area contributed by atoms with Crippen molar-refractivity contribution in [1.29, 1.82) is 0 Å². The molecule has 4 rings (SSSR count). The second kappa shape index (κ2) is 6.29. The molecule has 1 aliphatic carbocycles. The van der Waals surface area contributed by atoms with Gasteiger partial charge in [-0.05, 0) is 44.4 Å². The largest absolute Gasteiger partial charge is 0.462 e. The van der Waals surface area contributed by atoms with Crippen molar-refractivity contribution in [2.75, 3.05) is 6.61 Å². The zero-order chi connectivity index (χ0) is 18.3. The van der Waals surface area contributed by atoms with E-state index in [0.717, 1.165) is 23.9 Å². The molecular formula is C18H18N4O4. The van der Waals surface area contributed by atoms with Crippen molar-refractivity contribution in [3.63, 3.8) is 0 Å². The van der Waals surface area contributed by atoms with E-state index in [2.05, 4.69) is 14.5 Å². The SMILES string of the molecule is CCOC(=O)c1cn(-c2ccc3c(c2)ncn3C2CCC2)c(=O)[nH]c1=O. The van der Waals surface area contributed by atoms with Crippen LogP contribution in [0, 0.1) is 0 Å². The number of carbonyl (C=O) groups is 1. The lowest BCUT2D eigenvalue weighted by atomic mass is 9.93. The Balaban J connectivity index is 1.79. The Hall–Kier alpha value is -3.16. The fraction of sp³-hybridized carbons (Fsp3) is 0.333. The molecule has 0 radical (unpaired) electrons. The maximum absolute atomic E-state index is 12.2. The summed E-state index contributed by atoms with van der Waals surface area (Å²) in [6.45, 7) is 1.79. The van der Waals surface area contributed by atoms with Gasteiger partial charge in [0.05, 0.1) is 29.7 Å². The Morgan fingerprint density at radius 1 is 1.35 bits per heavy atom. The molecule has 1 aromatic carbocycles. The molecule has 0 atom stereocenters. The molecule has 8 nitrogen and oxygen atoms in total. The van der Waals surface area contributed by atoms with Crippen LogP contribution in [0.1, 0.15) is 42.6 Å². The molecule has 3 aromatic rings. The van der Waals surface area contributed by atoms with Crippen LogP contribution in [0.2, 0.25) is 0 Å². The van der Waals surface area contributed by atoms with Crippen LogP contribution < -0.4 is 11.2 Å². The predicted molar refractivity (Wildman–Crippen MR) is 94.8 cm³/mol. The predicted octanol–water partition coefficient (Wildman–Crippen LogP) is 1.78. The van der Waals surface area contributed by atoms with Gasteiger partial charge in [-0.25, -0.2) is 14.6 Å². The molecule has 0 saturated heterocycles. The number of ether oxygens (including phenoxy) is 1. The second-order valence-corrected chi connectivity index (χ2v) is 6.30. The highest BCUT2D eigenvalue weighted by Gasteiger charge is 2.21. The molecule has 0 unspecified atom stereocenters. The molecule has 0 spiro atoms. The van der Waals surface area contributed by atoms with Crippen molar-refractivity contribution < 1.29 is 9.53 Å². The first-order valence-electron chi connectivity index (χ1n) is 8.58. The number of hydrogen-bond donors (Lipinski definition) is 1. The molecule has 2 heterocycles. The van der Waals surface area contributed by atoms with Gasteiger partial charge in [-0.3, -0.25) is 14.3 Å². The van der Waals surface area contributed by atoms with Gasteiger partial charge in [-0.2, -0.15) is 0 Å². The Bertz CT molecular complexity index is 1100. The molecule has 2 aromatic heterocycles. The second-order valence-electron chi connectivity index (χ2n) is 6.30. The fourth-order valence-corrected chi connectivity index (χ4v) is 3.14. The summed E-state index contributed by atoms with van der Waals surface area (Å²) in [6.07, 6.45) is 6.55. The van der Waals surface area contributed by atoms with E-state index in [1.165, 1.54) is 17.2 Å². The van der Waals surface area contributed by atoms with Gasteiger partial charge in [-0.15, -0.1) is 0 Å². The third kappa shape index (κ3) is 2.63. The first-order chi connectivity index (χ1) is 12.6. The van der Waals surface area contributed by atoms with Gasteiger partial charge in [0.15, 0.2) is 0 Å². The van der Waals surface area contributed by atoms with E-state index in [-0.39, 0.29) is 12.2 Å². The highest BCUT2D eigenvalue weighted by molar-refractivity contribution is 5.88. The van der Waals surface area contributed by atoms with Gasteiger partial charge in [0, 0.05) is 12.2 Å². The molecule has 0 aliphatic heterocycles. The summed E-state index contributed by atoms with van der Waals surface area (Å²) in [7, 11) is 0. The maximum atomic E-state index is 12.2. The minimum absolute atomic E-state index is 0.141. The number of aromatic amines is 1. The number of fused-ring (bicyclic) bond motifs is 1. The highest BCUT2D eigenvalue weighted by Crippen LogP contribution is 2.34. The summed E-state index contributed by atoms with van der Waals surface area (Å²) in [5.41, 5.74) is 0.669. The number of imidazole rings is 1. The first kappa shape index (κ1) is 16.3. The molecule has 1 saturated carbocycles. The van der Waals surface area contributed by atoms with E-state index >= 15 is 0 Å². The van der Waals surface area contributed by atoms with E-state index in [9.17, 15) is 14.4 Å². The van der Waals surface area contributed by atoms with Crippen molar-refractivity contribution in [2.45, 2.75) is 32.2 Å². The monoisotopic (exact) mass is 354 g/mol. The van der Waals surface area contributed by atoms with Gasteiger partial charge in [0.2, 0.25) is 0 Å². The summed E-state index contributed by atoms with van der Waals surface area (Å²) in [4.78, 5) is 42.6. The lowest BCUT2D eigenvalue weighted by Crippen LogP contribution is -2.33. The van der Waals surface area contributed by atoms with Crippen LogP contribution in [0.4, 0.5) is 0 Å². The van der Waals surface area contributed by atoms with Gasteiger partial charge in [0.25, 0.3) is 5.56 Å². The Labute approximate surface area is 148 Å². The number of carbonyl (C=O) groups excluding carboxylic acids is 1. The Morgan fingerprint density at radius 3 is 2.85 bits per heavy atom. The summed E-state index contributed by atoms with van der Waals surface area (Å²) >= 11 is 0. The highest BCUT2D eigenvalue weighted by atomic mass is 16.5. The van der Waals surface area contributed by atoms with Crippen LogP contribution >= 0.6 is 0 Å². The van der Waals surface area contributed by atoms with E-state index in [1.807, 2.05) is 12.4 Å². The molecule has 1 aliphatic rings. The summed E-state index contributed by atoms with van der Waals surface area (Å²) < 4.78 is 8.24. The number of esters is 1. The number of nitrogens with zero attached hydrogens (tertiary/aromatic N) is 3. The van der Waals surface area contributed by atoms with Gasteiger partial charge >= 0.3 is 11.7 Å². The third-order valence-corrected chi connectivity index (χ3v) is 4.74. The van der Waals surface area contributed by atoms with Crippen molar-refractivity contribution in [3.8, 4) is 5.69 Å².